The molecule has 0 bridgehead atoms. The Kier molecular flexibility index (Phi) is 3.83. The fraction of sp³-hybridized carbons (Fsp3) is 0.0667. The molecule has 0 saturated heterocycles. The SMILES string of the molecule is C=C(C(O)c1ccccc1)S(=O)(=O)c1ccccc1. The molecule has 2 rings (SSSR count). The van der Waals surface area contributed by atoms with Gasteiger partial charge in [0.25, 0.3) is 0 Å². The zero-order valence-corrected chi connectivity index (χ0v) is 11.0. The second-order valence-corrected chi connectivity index (χ2v) is 6.10. The molecule has 1 N–H and O–H groups in total. The van der Waals surface area contributed by atoms with E-state index in [0.29, 0.717) is 5.56 Å². The van der Waals surface area contributed by atoms with Gasteiger partial charge in [0.2, 0.25) is 9.84 Å². The van der Waals surface area contributed by atoms with Gasteiger partial charge in [-0.25, -0.2) is 8.42 Å². The summed E-state index contributed by atoms with van der Waals surface area (Å²) >= 11 is 0. The van der Waals surface area contributed by atoms with E-state index in [1.165, 1.54) is 12.1 Å². The maximum atomic E-state index is 12.3. The number of rotatable bonds is 4. The van der Waals surface area contributed by atoms with E-state index in [9.17, 15) is 13.5 Å². The van der Waals surface area contributed by atoms with Crippen molar-refractivity contribution in [1.82, 2.24) is 0 Å². The van der Waals surface area contributed by atoms with Crippen molar-refractivity contribution in [2.24, 2.45) is 0 Å². The lowest BCUT2D eigenvalue weighted by Crippen LogP contribution is -2.11. The third-order valence-electron chi connectivity index (χ3n) is 2.82. The zero-order valence-electron chi connectivity index (χ0n) is 10.2. The van der Waals surface area contributed by atoms with Crippen LogP contribution in [0.25, 0.3) is 0 Å². The van der Waals surface area contributed by atoms with Gasteiger partial charge in [0, 0.05) is 0 Å². The molecule has 2 aromatic rings. The summed E-state index contributed by atoms with van der Waals surface area (Å²) in [6.45, 7) is 3.54. The van der Waals surface area contributed by atoms with Crippen molar-refractivity contribution in [2.75, 3.05) is 0 Å². The zero-order chi connectivity index (χ0) is 13.9. The molecule has 0 radical (unpaired) electrons. The molecule has 0 amide bonds. The van der Waals surface area contributed by atoms with Crippen LogP contribution in [-0.4, -0.2) is 13.5 Å². The van der Waals surface area contributed by atoms with Crippen molar-refractivity contribution in [1.29, 1.82) is 0 Å². The molecule has 4 heteroatoms. The lowest BCUT2D eigenvalue weighted by molar-refractivity contribution is 0.223. The van der Waals surface area contributed by atoms with Crippen LogP contribution >= 0.6 is 0 Å². The van der Waals surface area contributed by atoms with Crippen molar-refractivity contribution in [3.05, 3.63) is 77.7 Å². The average Bonchev–Trinajstić information content (AvgIpc) is 2.47. The second-order valence-electron chi connectivity index (χ2n) is 4.10. The normalized spacial score (nSPS) is 12.9. The monoisotopic (exact) mass is 274 g/mol. The number of benzene rings is 2. The molecule has 0 saturated carbocycles. The summed E-state index contributed by atoms with van der Waals surface area (Å²) in [4.78, 5) is -0.0834. The number of hydrogen-bond donors (Lipinski definition) is 1. The average molecular weight is 274 g/mol. The van der Waals surface area contributed by atoms with E-state index in [4.69, 9.17) is 0 Å². The van der Waals surface area contributed by atoms with E-state index in [0.717, 1.165) is 0 Å². The molecule has 98 valence electrons. The molecule has 19 heavy (non-hydrogen) atoms. The fourth-order valence-corrected chi connectivity index (χ4v) is 2.97. The smallest absolute Gasteiger partial charge is 0.205 e. The molecule has 0 heterocycles. The van der Waals surface area contributed by atoms with Crippen LogP contribution in [0.15, 0.2) is 77.0 Å². The van der Waals surface area contributed by atoms with Gasteiger partial charge >= 0.3 is 0 Å². The molecule has 0 aliphatic carbocycles. The van der Waals surface area contributed by atoms with Gasteiger partial charge in [0.05, 0.1) is 9.80 Å². The summed E-state index contributed by atoms with van der Waals surface area (Å²) in [7, 11) is -3.73. The molecule has 0 fully saturated rings. The Bertz CT molecular complexity index is 661. The second kappa shape index (κ2) is 5.38. The van der Waals surface area contributed by atoms with E-state index in [-0.39, 0.29) is 9.80 Å². The number of aliphatic hydroxyl groups is 1. The van der Waals surface area contributed by atoms with Crippen LogP contribution in [0, 0.1) is 0 Å². The number of sulfone groups is 1. The minimum Gasteiger partial charge on any atom is -0.383 e. The van der Waals surface area contributed by atoms with Crippen LogP contribution in [0.5, 0.6) is 0 Å². The first-order chi connectivity index (χ1) is 9.03. The van der Waals surface area contributed by atoms with Crippen LogP contribution in [0.2, 0.25) is 0 Å². The highest BCUT2D eigenvalue weighted by Crippen LogP contribution is 2.28. The summed E-state index contributed by atoms with van der Waals surface area (Å²) in [5, 5.41) is 10.1. The summed E-state index contributed by atoms with van der Waals surface area (Å²) in [6.07, 6.45) is -1.23. The molecule has 1 unspecified atom stereocenters. The van der Waals surface area contributed by atoms with Gasteiger partial charge in [0.1, 0.15) is 6.10 Å². The van der Waals surface area contributed by atoms with Gasteiger partial charge in [-0.05, 0) is 17.7 Å². The molecule has 0 aliphatic heterocycles. The number of aliphatic hydroxyl groups excluding tert-OH is 1. The lowest BCUT2D eigenvalue weighted by atomic mass is 10.1. The summed E-state index contributed by atoms with van der Waals surface area (Å²) in [5.74, 6) is 0. The third kappa shape index (κ3) is 2.75. The maximum absolute atomic E-state index is 12.3. The van der Waals surface area contributed by atoms with Gasteiger partial charge in [0.15, 0.2) is 0 Å². The van der Waals surface area contributed by atoms with Gasteiger partial charge in [-0.15, -0.1) is 0 Å². The molecule has 0 aromatic heterocycles. The largest absolute Gasteiger partial charge is 0.383 e. The standard InChI is InChI=1S/C15H14O3S/c1-12(15(16)13-8-4-2-5-9-13)19(17,18)14-10-6-3-7-11-14/h2-11,15-16H,1H2. The minimum atomic E-state index is -3.73. The Hall–Kier alpha value is -1.91. The molecule has 2 aromatic carbocycles. The van der Waals surface area contributed by atoms with E-state index in [2.05, 4.69) is 6.58 Å². The highest BCUT2D eigenvalue weighted by molar-refractivity contribution is 7.95. The van der Waals surface area contributed by atoms with Crippen LogP contribution in [0.4, 0.5) is 0 Å². The number of hydrogen-bond acceptors (Lipinski definition) is 3. The van der Waals surface area contributed by atoms with E-state index in [1.54, 1.807) is 48.5 Å². The fourth-order valence-electron chi connectivity index (χ4n) is 1.72. The van der Waals surface area contributed by atoms with Crippen LogP contribution < -0.4 is 0 Å². The first-order valence-corrected chi connectivity index (χ1v) is 7.24. The summed E-state index contributed by atoms with van der Waals surface area (Å²) in [5.41, 5.74) is 0.506. The van der Waals surface area contributed by atoms with E-state index in [1.807, 2.05) is 0 Å². The molecule has 0 spiro atoms. The van der Waals surface area contributed by atoms with E-state index < -0.39 is 15.9 Å². The Balaban J connectivity index is 2.35. The molecular formula is C15H14O3S. The molecule has 1 atom stereocenters. The van der Waals surface area contributed by atoms with Crippen molar-refractivity contribution >= 4 is 9.84 Å². The first kappa shape index (κ1) is 13.5. The lowest BCUT2D eigenvalue weighted by Gasteiger charge is -2.14. The van der Waals surface area contributed by atoms with Gasteiger partial charge in [-0.2, -0.15) is 0 Å². The summed E-state index contributed by atoms with van der Waals surface area (Å²) < 4.78 is 24.6. The molecule has 3 nitrogen and oxygen atoms in total. The minimum absolute atomic E-state index is 0.134. The topological polar surface area (TPSA) is 54.4 Å². The van der Waals surface area contributed by atoms with Crippen LogP contribution in [0.1, 0.15) is 11.7 Å². The summed E-state index contributed by atoms with van der Waals surface area (Å²) in [6, 6.07) is 16.6. The Morgan fingerprint density at radius 1 is 0.947 bits per heavy atom. The molecular weight excluding hydrogens is 260 g/mol. The highest BCUT2D eigenvalue weighted by Gasteiger charge is 2.25. The molecule has 0 aliphatic rings. The van der Waals surface area contributed by atoms with Crippen molar-refractivity contribution in [3.8, 4) is 0 Å². The Labute approximate surface area is 112 Å². The third-order valence-corrected chi connectivity index (χ3v) is 4.63. The van der Waals surface area contributed by atoms with Crippen LogP contribution in [0.3, 0.4) is 0 Å². The van der Waals surface area contributed by atoms with Crippen molar-refractivity contribution < 1.29 is 13.5 Å². The highest BCUT2D eigenvalue weighted by atomic mass is 32.2. The van der Waals surface area contributed by atoms with E-state index >= 15 is 0 Å². The quantitative estimate of drug-likeness (QED) is 0.932. The van der Waals surface area contributed by atoms with Crippen molar-refractivity contribution in [3.63, 3.8) is 0 Å². The van der Waals surface area contributed by atoms with Crippen molar-refractivity contribution in [2.45, 2.75) is 11.0 Å². The Morgan fingerprint density at radius 3 is 1.95 bits per heavy atom. The maximum Gasteiger partial charge on any atom is 0.205 e. The predicted molar refractivity (Wildman–Crippen MR) is 74.2 cm³/mol. The Morgan fingerprint density at radius 2 is 1.42 bits per heavy atom. The van der Waals surface area contributed by atoms with Crippen LogP contribution in [-0.2, 0) is 9.84 Å². The first-order valence-electron chi connectivity index (χ1n) is 5.75. The van der Waals surface area contributed by atoms with Gasteiger partial charge in [-0.3, -0.25) is 0 Å². The van der Waals surface area contributed by atoms with Gasteiger partial charge < -0.3 is 5.11 Å². The van der Waals surface area contributed by atoms with Gasteiger partial charge in [-0.1, -0.05) is 55.1 Å². The predicted octanol–water partition coefficient (Wildman–Crippen LogP) is 2.71.